The summed E-state index contributed by atoms with van der Waals surface area (Å²) in [6, 6.07) is 3.52. The van der Waals surface area contributed by atoms with Crippen LogP contribution in [0.1, 0.15) is 6.42 Å². The Morgan fingerprint density at radius 1 is 1.04 bits per heavy atom. The molecule has 3 amide bonds. The Bertz CT molecular complexity index is 910. The molecule has 136 valence electrons. The molecule has 0 aromatic heterocycles. The number of primary sulfonamides is 1. The third-order valence-electron chi connectivity index (χ3n) is 4.16. The summed E-state index contributed by atoms with van der Waals surface area (Å²) in [7, 11) is -7.78. The Hall–Kier alpha value is -2.02. The van der Waals surface area contributed by atoms with Crippen LogP contribution in [0, 0.1) is 0 Å². The molecule has 2 heterocycles. The van der Waals surface area contributed by atoms with Gasteiger partial charge in [0.2, 0.25) is 26.0 Å². The number of nitrogens with zero attached hydrogens (tertiary/aromatic N) is 2. The predicted octanol–water partition coefficient (Wildman–Crippen LogP) is -1.35. The van der Waals surface area contributed by atoms with Gasteiger partial charge in [0.05, 0.1) is 22.4 Å². The maximum Gasteiger partial charge on any atom is 0.324 e. The van der Waals surface area contributed by atoms with Crippen molar-refractivity contribution in [1.29, 1.82) is 0 Å². The molecule has 1 aromatic rings. The van der Waals surface area contributed by atoms with Crippen molar-refractivity contribution in [2.45, 2.75) is 22.3 Å². The van der Waals surface area contributed by atoms with Gasteiger partial charge in [-0.05, 0) is 30.7 Å². The molecular formula is C13H16N4O6S2. The van der Waals surface area contributed by atoms with Gasteiger partial charge in [-0.25, -0.2) is 26.8 Å². The normalized spacial score (nSPS) is 22.4. The number of hydrogen-bond acceptors (Lipinski definition) is 6. The van der Waals surface area contributed by atoms with E-state index >= 15 is 0 Å². The molecule has 25 heavy (non-hydrogen) atoms. The van der Waals surface area contributed by atoms with Crippen LogP contribution in [0.25, 0.3) is 0 Å². The number of carbonyl (C=O) groups is 2. The van der Waals surface area contributed by atoms with Crippen molar-refractivity contribution in [3.63, 3.8) is 0 Å². The summed E-state index contributed by atoms with van der Waals surface area (Å²) in [5.74, 6) is -0.383. The first-order valence-corrected chi connectivity index (χ1v) is 10.3. The van der Waals surface area contributed by atoms with E-state index in [2.05, 4.69) is 5.32 Å². The third-order valence-corrected chi connectivity index (χ3v) is 6.97. The van der Waals surface area contributed by atoms with E-state index in [1.165, 1.54) is 4.31 Å². The van der Waals surface area contributed by atoms with Crippen molar-refractivity contribution >= 4 is 32.0 Å². The zero-order chi connectivity index (χ0) is 18.4. The van der Waals surface area contributed by atoms with Gasteiger partial charge >= 0.3 is 6.03 Å². The highest BCUT2D eigenvalue weighted by Crippen LogP contribution is 2.25. The van der Waals surface area contributed by atoms with Crippen molar-refractivity contribution in [2.24, 2.45) is 5.14 Å². The largest absolute Gasteiger partial charge is 0.329 e. The molecule has 2 fully saturated rings. The highest BCUT2D eigenvalue weighted by molar-refractivity contribution is 7.89. The van der Waals surface area contributed by atoms with Crippen LogP contribution in [0.15, 0.2) is 34.1 Å². The molecular weight excluding hydrogens is 372 g/mol. The fourth-order valence-corrected chi connectivity index (χ4v) is 4.90. The fraction of sp³-hybridized carbons (Fsp3) is 0.385. The topological polar surface area (TPSA) is 147 Å². The van der Waals surface area contributed by atoms with E-state index in [0.29, 0.717) is 6.42 Å². The smallest absolute Gasteiger partial charge is 0.324 e. The zero-order valence-electron chi connectivity index (χ0n) is 13.0. The molecule has 1 aromatic carbocycles. The van der Waals surface area contributed by atoms with Crippen LogP contribution in [0.5, 0.6) is 0 Å². The van der Waals surface area contributed by atoms with Crippen molar-refractivity contribution in [3.05, 3.63) is 24.3 Å². The summed E-state index contributed by atoms with van der Waals surface area (Å²) < 4.78 is 49.0. The van der Waals surface area contributed by atoms with Gasteiger partial charge in [-0.15, -0.1) is 0 Å². The Morgan fingerprint density at radius 3 is 2.16 bits per heavy atom. The lowest BCUT2D eigenvalue weighted by molar-refractivity contribution is -0.126. The number of sulfonamides is 2. The van der Waals surface area contributed by atoms with Crippen molar-refractivity contribution in [2.75, 3.05) is 19.6 Å². The van der Waals surface area contributed by atoms with Gasteiger partial charge in [-0.1, -0.05) is 0 Å². The molecule has 0 bridgehead atoms. The lowest BCUT2D eigenvalue weighted by Gasteiger charge is -2.21. The van der Waals surface area contributed by atoms with Crippen molar-refractivity contribution in [3.8, 4) is 0 Å². The van der Waals surface area contributed by atoms with Gasteiger partial charge in [-0.3, -0.25) is 9.69 Å². The first-order valence-electron chi connectivity index (χ1n) is 7.33. The quantitative estimate of drug-likeness (QED) is 0.610. The predicted molar refractivity (Wildman–Crippen MR) is 85.2 cm³/mol. The molecule has 12 heteroatoms. The minimum atomic E-state index is -3.91. The van der Waals surface area contributed by atoms with E-state index in [1.54, 1.807) is 0 Å². The number of amides is 3. The summed E-state index contributed by atoms with van der Waals surface area (Å²) in [6.45, 7) is 0.0660. The molecule has 0 aliphatic carbocycles. The van der Waals surface area contributed by atoms with E-state index in [-0.39, 0.29) is 35.3 Å². The van der Waals surface area contributed by atoms with Crippen LogP contribution < -0.4 is 10.5 Å². The molecule has 3 rings (SSSR count). The Balaban J connectivity index is 1.80. The monoisotopic (exact) mass is 388 g/mol. The van der Waals surface area contributed by atoms with Gasteiger partial charge < -0.3 is 5.32 Å². The Kier molecular flexibility index (Phi) is 4.31. The van der Waals surface area contributed by atoms with E-state index in [9.17, 15) is 26.4 Å². The number of nitrogens with two attached hydrogens (primary N) is 1. The number of carbonyl (C=O) groups excluding carboxylic acids is 2. The second-order valence-electron chi connectivity index (χ2n) is 5.74. The third kappa shape index (κ3) is 3.25. The molecule has 0 spiro atoms. The second kappa shape index (κ2) is 6.05. The van der Waals surface area contributed by atoms with E-state index in [0.717, 1.165) is 29.2 Å². The van der Waals surface area contributed by atoms with Crippen LogP contribution in [0.3, 0.4) is 0 Å². The molecule has 3 N–H and O–H groups in total. The molecule has 10 nitrogen and oxygen atoms in total. The number of imide groups is 1. The summed E-state index contributed by atoms with van der Waals surface area (Å²) >= 11 is 0. The minimum Gasteiger partial charge on any atom is -0.329 e. The Morgan fingerprint density at radius 2 is 1.64 bits per heavy atom. The van der Waals surface area contributed by atoms with Gasteiger partial charge in [-0.2, -0.15) is 4.31 Å². The maximum absolute atomic E-state index is 12.7. The van der Waals surface area contributed by atoms with Crippen LogP contribution in [0.4, 0.5) is 4.79 Å². The summed E-state index contributed by atoms with van der Waals surface area (Å²) in [4.78, 5) is 24.2. The standard InChI is InChI=1S/C13H16N4O6S2/c14-24(20,21)10-1-3-11(4-2-10)25(22,23)16-6-5-9(8-16)17-12(18)7-15-13(17)19/h1-4,9H,5-8H2,(H,15,19)(H2,14,20,21). The highest BCUT2D eigenvalue weighted by Gasteiger charge is 2.41. The molecule has 0 radical (unpaired) electrons. The number of rotatable bonds is 4. The van der Waals surface area contributed by atoms with Crippen LogP contribution >= 0.6 is 0 Å². The molecule has 2 aliphatic heterocycles. The van der Waals surface area contributed by atoms with Crippen LogP contribution in [-0.2, 0) is 24.8 Å². The Labute approximate surface area is 144 Å². The number of nitrogens with one attached hydrogen (secondary N) is 1. The van der Waals surface area contributed by atoms with Gasteiger partial charge in [0.1, 0.15) is 0 Å². The lowest BCUT2D eigenvalue weighted by atomic mass is 10.2. The zero-order valence-corrected chi connectivity index (χ0v) is 14.6. The maximum atomic E-state index is 12.7. The molecule has 1 unspecified atom stereocenters. The number of benzene rings is 1. The number of hydrogen-bond donors (Lipinski definition) is 2. The van der Waals surface area contributed by atoms with E-state index in [4.69, 9.17) is 5.14 Å². The first-order chi connectivity index (χ1) is 11.6. The lowest BCUT2D eigenvalue weighted by Crippen LogP contribution is -2.42. The second-order valence-corrected chi connectivity index (χ2v) is 9.24. The van der Waals surface area contributed by atoms with Crippen molar-refractivity contribution < 1.29 is 26.4 Å². The van der Waals surface area contributed by atoms with Crippen LogP contribution in [0.2, 0.25) is 0 Å². The molecule has 0 saturated carbocycles. The average molecular weight is 388 g/mol. The van der Waals surface area contributed by atoms with Crippen LogP contribution in [-0.4, -0.2) is 63.7 Å². The molecule has 2 saturated heterocycles. The van der Waals surface area contributed by atoms with Gasteiger partial charge in [0.15, 0.2) is 0 Å². The first kappa shape index (κ1) is 17.8. The minimum absolute atomic E-state index is 0.00156. The van der Waals surface area contributed by atoms with E-state index in [1.807, 2.05) is 0 Å². The van der Waals surface area contributed by atoms with Gasteiger partial charge in [0, 0.05) is 13.1 Å². The van der Waals surface area contributed by atoms with Crippen molar-refractivity contribution in [1.82, 2.24) is 14.5 Å². The summed E-state index contributed by atoms with van der Waals surface area (Å²) in [5.41, 5.74) is 0. The SMILES string of the molecule is NS(=O)(=O)c1ccc(S(=O)(=O)N2CCC(N3C(=O)CNC3=O)C2)cc1. The fourth-order valence-electron chi connectivity index (χ4n) is 2.89. The number of urea groups is 1. The summed E-state index contributed by atoms with van der Waals surface area (Å²) in [5, 5.41) is 7.39. The van der Waals surface area contributed by atoms with E-state index < -0.39 is 32.1 Å². The summed E-state index contributed by atoms with van der Waals surface area (Å²) in [6.07, 6.45) is 0.341. The highest BCUT2D eigenvalue weighted by atomic mass is 32.2. The average Bonchev–Trinajstić information content (AvgIpc) is 3.14. The molecule has 2 aliphatic rings. The molecule has 1 atom stereocenters. The van der Waals surface area contributed by atoms with Gasteiger partial charge in [0.25, 0.3) is 0 Å².